The maximum absolute atomic E-state index is 12.3. The highest BCUT2D eigenvalue weighted by molar-refractivity contribution is 8.18. The molecule has 2 aromatic rings. The quantitative estimate of drug-likeness (QED) is 0.496. The number of amides is 2. The number of aliphatic imine (C=N–C) groups is 1. The van der Waals surface area contributed by atoms with Gasteiger partial charge in [0.25, 0.3) is 11.8 Å². The summed E-state index contributed by atoms with van der Waals surface area (Å²) in [5.74, 6) is 0.382. The second-order valence-electron chi connectivity index (χ2n) is 6.03. The predicted molar refractivity (Wildman–Crippen MR) is 120 cm³/mol. The standard InChI is InChI=1S/C22H19ClN2O4S/c1-3-11-29-17-10-5-14(12-18(17)28-4-2)13-19-21(27)25-22(30-19)24-20(26)15-6-8-16(23)9-7-15/h3,5-10,12-13H,1,4,11H2,2H3,(H,24,25,26,27)/b19-13-. The zero-order valence-electron chi connectivity index (χ0n) is 16.2. The number of nitrogens with zero attached hydrogens (tertiary/aromatic N) is 1. The molecule has 154 valence electrons. The summed E-state index contributed by atoms with van der Waals surface area (Å²) in [5, 5.41) is 3.36. The molecule has 0 radical (unpaired) electrons. The molecule has 0 saturated carbocycles. The molecule has 30 heavy (non-hydrogen) atoms. The number of nitrogens with one attached hydrogen (secondary N) is 1. The number of benzene rings is 2. The fourth-order valence-electron chi connectivity index (χ4n) is 2.53. The van der Waals surface area contributed by atoms with Crippen LogP contribution in [0.25, 0.3) is 6.08 Å². The molecule has 0 bridgehead atoms. The zero-order valence-corrected chi connectivity index (χ0v) is 17.8. The molecule has 2 aromatic carbocycles. The van der Waals surface area contributed by atoms with E-state index in [0.717, 1.165) is 17.3 Å². The Morgan fingerprint density at radius 1 is 1.20 bits per heavy atom. The van der Waals surface area contributed by atoms with Gasteiger partial charge in [-0.2, -0.15) is 4.99 Å². The minimum atomic E-state index is -0.460. The number of carbonyl (C=O) groups excluding carboxylic acids is 2. The molecule has 1 aliphatic rings. The highest BCUT2D eigenvalue weighted by atomic mass is 35.5. The van der Waals surface area contributed by atoms with Crippen molar-refractivity contribution in [2.75, 3.05) is 13.2 Å². The SMILES string of the molecule is C=CCOc1ccc(/C=C2\SC(=NC(=O)c3ccc(Cl)cc3)NC2=O)cc1OCC. The summed E-state index contributed by atoms with van der Waals surface area (Å²) < 4.78 is 11.2. The van der Waals surface area contributed by atoms with E-state index in [1.54, 1.807) is 48.6 Å². The molecule has 1 heterocycles. The number of hydrogen-bond donors (Lipinski definition) is 1. The summed E-state index contributed by atoms with van der Waals surface area (Å²) in [6.07, 6.45) is 3.35. The summed E-state index contributed by atoms with van der Waals surface area (Å²) in [5.41, 5.74) is 1.14. The zero-order chi connectivity index (χ0) is 21.5. The van der Waals surface area contributed by atoms with Crippen LogP contribution in [0, 0.1) is 0 Å². The normalized spacial score (nSPS) is 15.9. The van der Waals surface area contributed by atoms with Crippen LogP contribution < -0.4 is 14.8 Å². The van der Waals surface area contributed by atoms with Gasteiger partial charge in [-0.3, -0.25) is 9.59 Å². The largest absolute Gasteiger partial charge is 0.490 e. The van der Waals surface area contributed by atoms with E-state index in [4.69, 9.17) is 21.1 Å². The molecular formula is C22H19ClN2O4S. The van der Waals surface area contributed by atoms with Crippen molar-refractivity contribution in [2.24, 2.45) is 4.99 Å². The van der Waals surface area contributed by atoms with Gasteiger partial charge in [0.05, 0.1) is 11.5 Å². The van der Waals surface area contributed by atoms with Crippen molar-refractivity contribution in [1.82, 2.24) is 5.32 Å². The van der Waals surface area contributed by atoms with Crippen LogP contribution in [0.5, 0.6) is 11.5 Å². The van der Waals surface area contributed by atoms with E-state index in [9.17, 15) is 9.59 Å². The number of thioether (sulfide) groups is 1. The van der Waals surface area contributed by atoms with Crippen LogP contribution in [-0.2, 0) is 4.79 Å². The first kappa shape index (κ1) is 21.7. The molecule has 0 aliphatic carbocycles. The highest BCUT2D eigenvalue weighted by Gasteiger charge is 2.25. The molecule has 1 aliphatic heterocycles. The lowest BCUT2D eigenvalue weighted by molar-refractivity contribution is -0.115. The van der Waals surface area contributed by atoms with Gasteiger partial charge in [-0.25, -0.2) is 0 Å². The molecule has 0 aromatic heterocycles. The van der Waals surface area contributed by atoms with Gasteiger partial charge in [0, 0.05) is 10.6 Å². The van der Waals surface area contributed by atoms with Gasteiger partial charge in [-0.15, -0.1) is 0 Å². The van der Waals surface area contributed by atoms with Gasteiger partial charge in [0.15, 0.2) is 16.7 Å². The Kier molecular flexibility index (Phi) is 7.32. The van der Waals surface area contributed by atoms with Gasteiger partial charge in [-0.1, -0.05) is 30.3 Å². The van der Waals surface area contributed by atoms with E-state index in [-0.39, 0.29) is 11.1 Å². The van der Waals surface area contributed by atoms with E-state index < -0.39 is 5.91 Å². The monoisotopic (exact) mass is 442 g/mol. The third-order valence-electron chi connectivity index (χ3n) is 3.87. The smallest absolute Gasteiger partial charge is 0.279 e. The van der Waals surface area contributed by atoms with Crippen LogP contribution in [0.15, 0.2) is 65.0 Å². The number of carbonyl (C=O) groups is 2. The lowest BCUT2D eigenvalue weighted by Gasteiger charge is -2.11. The van der Waals surface area contributed by atoms with Gasteiger partial charge >= 0.3 is 0 Å². The van der Waals surface area contributed by atoms with Crippen LogP contribution in [-0.4, -0.2) is 30.2 Å². The van der Waals surface area contributed by atoms with Gasteiger partial charge in [0.1, 0.15) is 6.61 Å². The summed E-state index contributed by atoms with van der Waals surface area (Å²) in [7, 11) is 0. The fraction of sp³-hybridized carbons (Fsp3) is 0.136. The molecule has 0 atom stereocenters. The summed E-state index contributed by atoms with van der Waals surface area (Å²) >= 11 is 6.93. The van der Waals surface area contributed by atoms with Crippen LogP contribution in [0.4, 0.5) is 0 Å². The summed E-state index contributed by atoms with van der Waals surface area (Å²) in [6, 6.07) is 11.8. The third-order valence-corrected chi connectivity index (χ3v) is 5.03. The average molecular weight is 443 g/mol. The number of halogens is 1. The molecule has 0 unspecified atom stereocenters. The van der Waals surface area contributed by atoms with Crippen LogP contribution in [0.2, 0.25) is 5.02 Å². The van der Waals surface area contributed by atoms with Crippen molar-refractivity contribution >= 4 is 46.4 Å². The topological polar surface area (TPSA) is 77.0 Å². The van der Waals surface area contributed by atoms with E-state index in [2.05, 4.69) is 16.9 Å². The fourth-order valence-corrected chi connectivity index (χ4v) is 3.48. The maximum atomic E-state index is 12.3. The van der Waals surface area contributed by atoms with E-state index in [1.165, 1.54) is 0 Å². The molecule has 3 rings (SSSR count). The van der Waals surface area contributed by atoms with Crippen molar-refractivity contribution in [2.45, 2.75) is 6.92 Å². The minimum absolute atomic E-state index is 0.224. The van der Waals surface area contributed by atoms with Crippen LogP contribution in [0.1, 0.15) is 22.8 Å². The Balaban J connectivity index is 1.78. The third kappa shape index (κ3) is 5.52. The maximum Gasteiger partial charge on any atom is 0.279 e. The van der Waals surface area contributed by atoms with Crippen molar-refractivity contribution in [1.29, 1.82) is 0 Å². The second kappa shape index (κ2) is 10.1. The van der Waals surface area contributed by atoms with Crippen LogP contribution in [0.3, 0.4) is 0 Å². The van der Waals surface area contributed by atoms with Gasteiger partial charge < -0.3 is 14.8 Å². The molecular weight excluding hydrogens is 424 g/mol. The van der Waals surface area contributed by atoms with E-state index in [1.807, 2.05) is 13.0 Å². The molecule has 1 N–H and O–H groups in total. The first-order chi connectivity index (χ1) is 14.5. The Morgan fingerprint density at radius 3 is 2.67 bits per heavy atom. The summed E-state index contributed by atoms with van der Waals surface area (Å²) in [6.45, 7) is 6.35. The average Bonchev–Trinajstić information content (AvgIpc) is 3.06. The molecule has 8 heteroatoms. The van der Waals surface area contributed by atoms with Crippen LogP contribution >= 0.6 is 23.4 Å². The van der Waals surface area contributed by atoms with Gasteiger partial charge in [0.2, 0.25) is 0 Å². The minimum Gasteiger partial charge on any atom is -0.490 e. The summed E-state index contributed by atoms with van der Waals surface area (Å²) in [4.78, 5) is 29.0. The Labute approximate surface area is 183 Å². The Bertz CT molecular complexity index is 1030. The molecule has 6 nitrogen and oxygen atoms in total. The lowest BCUT2D eigenvalue weighted by atomic mass is 10.2. The predicted octanol–water partition coefficient (Wildman–Crippen LogP) is 4.70. The van der Waals surface area contributed by atoms with Crippen molar-refractivity contribution < 1.29 is 19.1 Å². The number of ether oxygens (including phenoxy) is 2. The molecule has 1 fully saturated rings. The van der Waals surface area contributed by atoms with Crippen molar-refractivity contribution in [3.63, 3.8) is 0 Å². The van der Waals surface area contributed by atoms with E-state index in [0.29, 0.717) is 40.2 Å². The molecule has 0 spiro atoms. The Hall–Kier alpha value is -3.03. The Morgan fingerprint density at radius 2 is 1.97 bits per heavy atom. The molecule has 2 amide bonds. The highest BCUT2D eigenvalue weighted by Crippen LogP contribution is 2.32. The number of amidine groups is 1. The first-order valence-electron chi connectivity index (χ1n) is 9.10. The van der Waals surface area contributed by atoms with Crippen molar-refractivity contribution in [3.8, 4) is 11.5 Å². The first-order valence-corrected chi connectivity index (χ1v) is 10.3. The number of rotatable bonds is 7. The second-order valence-corrected chi connectivity index (χ2v) is 7.50. The van der Waals surface area contributed by atoms with E-state index >= 15 is 0 Å². The molecule has 1 saturated heterocycles. The number of hydrogen-bond acceptors (Lipinski definition) is 5. The van der Waals surface area contributed by atoms with Gasteiger partial charge in [-0.05, 0) is 66.7 Å². The lowest BCUT2D eigenvalue weighted by Crippen LogP contribution is -2.20. The van der Waals surface area contributed by atoms with Crippen molar-refractivity contribution in [3.05, 3.63) is 76.2 Å².